The summed E-state index contributed by atoms with van der Waals surface area (Å²) in [5.74, 6) is 0. The summed E-state index contributed by atoms with van der Waals surface area (Å²) in [6.45, 7) is 0. The number of benzene rings is 5. The first-order chi connectivity index (χ1) is 15.3. The van der Waals surface area contributed by atoms with E-state index in [0.29, 0.717) is 0 Å². The van der Waals surface area contributed by atoms with Gasteiger partial charge in [-0.3, -0.25) is 0 Å². The second kappa shape index (κ2) is 6.23. The zero-order valence-electron chi connectivity index (χ0n) is 17.2. The van der Waals surface area contributed by atoms with Gasteiger partial charge in [0.25, 0.3) is 0 Å². The maximum absolute atomic E-state index is 2.47. The molecule has 0 N–H and O–H groups in total. The van der Waals surface area contributed by atoms with Gasteiger partial charge >= 0.3 is 0 Å². The standard InChI is InChI=1S/C29H20NP/c1-30-26-16-20-10-6-5-9-19(20)15-23(26)24-17-25-22-13-7-8-14-28(22)31(29(25)18-27(24)30)21-11-3-2-4-12-21/h2-18H,1H3. The van der Waals surface area contributed by atoms with E-state index < -0.39 is 7.53 Å². The first-order valence-corrected chi connectivity index (χ1v) is 12.0. The fourth-order valence-corrected chi connectivity index (χ4v) is 7.84. The lowest BCUT2D eigenvalue weighted by Gasteiger charge is -2.04. The molecule has 31 heavy (non-hydrogen) atoms. The third-order valence-electron chi connectivity index (χ3n) is 6.68. The van der Waals surface area contributed by atoms with Crippen LogP contribution in [0.4, 0.5) is 0 Å². The fraction of sp³-hybridized carbons (Fsp3) is 0.0345. The maximum Gasteiger partial charge on any atom is 0.0498 e. The van der Waals surface area contributed by atoms with Crippen molar-refractivity contribution in [1.82, 2.24) is 4.57 Å². The number of fused-ring (bicyclic) bond motifs is 7. The largest absolute Gasteiger partial charge is 0.344 e. The molecule has 0 amide bonds. The lowest BCUT2D eigenvalue weighted by molar-refractivity contribution is 1.02. The van der Waals surface area contributed by atoms with Crippen molar-refractivity contribution in [3.63, 3.8) is 0 Å². The number of nitrogens with zero attached hydrogens (tertiary/aromatic N) is 1. The van der Waals surface area contributed by atoms with Crippen LogP contribution in [0.1, 0.15) is 0 Å². The van der Waals surface area contributed by atoms with Gasteiger partial charge in [0.05, 0.1) is 0 Å². The van der Waals surface area contributed by atoms with Crippen molar-refractivity contribution in [2.24, 2.45) is 7.05 Å². The van der Waals surface area contributed by atoms with Gasteiger partial charge in [-0.25, -0.2) is 0 Å². The molecule has 2 heterocycles. The Bertz CT molecular complexity index is 1780. The van der Waals surface area contributed by atoms with Gasteiger partial charge in [-0.1, -0.05) is 86.4 Å². The van der Waals surface area contributed by atoms with Crippen LogP contribution in [0.2, 0.25) is 0 Å². The van der Waals surface area contributed by atoms with E-state index in [1.54, 1.807) is 0 Å². The molecule has 0 spiro atoms. The second-order valence-electron chi connectivity index (χ2n) is 8.35. The van der Waals surface area contributed by atoms with Gasteiger partial charge in [0.1, 0.15) is 0 Å². The van der Waals surface area contributed by atoms with E-state index >= 15 is 0 Å². The Kier molecular flexibility index (Phi) is 3.45. The zero-order chi connectivity index (χ0) is 20.5. The average molecular weight is 413 g/mol. The van der Waals surface area contributed by atoms with Crippen LogP contribution >= 0.6 is 7.53 Å². The summed E-state index contributed by atoms with van der Waals surface area (Å²) in [6.07, 6.45) is 0. The number of aromatic nitrogens is 1. The van der Waals surface area contributed by atoms with Crippen LogP contribution in [0.5, 0.6) is 0 Å². The van der Waals surface area contributed by atoms with E-state index in [4.69, 9.17) is 0 Å². The van der Waals surface area contributed by atoms with E-state index in [-0.39, 0.29) is 0 Å². The fourth-order valence-electron chi connectivity index (χ4n) is 5.20. The first-order valence-electron chi connectivity index (χ1n) is 10.7. The molecule has 7 rings (SSSR count). The summed E-state index contributed by atoms with van der Waals surface area (Å²) in [6, 6.07) is 38.3. The van der Waals surface area contributed by atoms with Crippen molar-refractivity contribution in [1.29, 1.82) is 0 Å². The highest BCUT2D eigenvalue weighted by Gasteiger charge is 2.17. The van der Waals surface area contributed by atoms with E-state index in [2.05, 4.69) is 115 Å². The molecule has 0 aliphatic rings. The van der Waals surface area contributed by atoms with Gasteiger partial charge < -0.3 is 4.57 Å². The summed E-state index contributed by atoms with van der Waals surface area (Å²) in [5.41, 5.74) is 2.62. The number of hydrogen-bond donors (Lipinski definition) is 0. The molecule has 0 aliphatic carbocycles. The molecule has 2 aromatic heterocycles. The van der Waals surface area contributed by atoms with Crippen LogP contribution in [0, 0.1) is 0 Å². The Morgan fingerprint density at radius 1 is 0.516 bits per heavy atom. The van der Waals surface area contributed by atoms with Crippen molar-refractivity contribution in [3.05, 3.63) is 103 Å². The topological polar surface area (TPSA) is 4.93 Å². The van der Waals surface area contributed by atoms with Crippen LogP contribution in [0.15, 0.2) is 103 Å². The molecule has 1 nitrogen and oxygen atoms in total. The predicted octanol–water partition coefficient (Wildman–Crippen LogP) is 8.77. The Hall–Kier alpha value is -3.54. The molecule has 1 unspecified atom stereocenters. The van der Waals surface area contributed by atoms with Gasteiger partial charge in [-0.15, -0.1) is 0 Å². The van der Waals surface area contributed by atoms with Crippen LogP contribution in [0.3, 0.4) is 0 Å². The van der Waals surface area contributed by atoms with Crippen molar-refractivity contribution in [2.45, 2.75) is 0 Å². The smallest absolute Gasteiger partial charge is 0.0498 e. The van der Waals surface area contributed by atoms with E-state index in [1.165, 1.54) is 58.9 Å². The molecule has 0 fully saturated rings. The summed E-state index contributed by atoms with van der Waals surface area (Å²) in [4.78, 5) is 0. The van der Waals surface area contributed by atoms with Crippen LogP contribution < -0.4 is 0 Å². The molecule has 146 valence electrons. The molecule has 7 aromatic rings. The predicted molar refractivity (Wildman–Crippen MR) is 137 cm³/mol. The van der Waals surface area contributed by atoms with Gasteiger partial charge in [0, 0.05) is 39.1 Å². The Labute approximate surface area is 181 Å². The first kappa shape index (κ1) is 17.2. The minimum Gasteiger partial charge on any atom is -0.344 e. The lowest BCUT2D eigenvalue weighted by atomic mass is 10.0. The monoisotopic (exact) mass is 413 g/mol. The molecule has 2 heteroatoms. The Balaban J connectivity index is 1.69. The van der Waals surface area contributed by atoms with Crippen molar-refractivity contribution in [2.75, 3.05) is 0 Å². The SMILES string of the molecule is Cn1c2cc3ccccc3cc2c2cc3c4ccccc4p(-c4ccccc4)c3cc21. The minimum atomic E-state index is -0.531. The molecular weight excluding hydrogens is 393 g/mol. The molecule has 0 bridgehead atoms. The minimum absolute atomic E-state index is 0.531. The van der Waals surface area contributed by atoms with E-state index in [0.717, 1.165) is 0 Å². The second-order valence-corrected chi connectivity index (χ2v) is 10.5. The summed E-state index contributed by atoms with van der Waals surface area (Å²) >= 11 is 0. The highest BCUT2D eigenvalue weighted by molar-refractivity contribution is 7.67. The molecule has 0 radical (unpaired) electrons. The molecule has 0 aliphatic heterocycles. The molecule has 0 saturated carbocycles. The molecule has 1 atom stereocenters. The van der Waals surface area contributed by atoms with Gasteiger partial charge in [0.2, 0.25) is 0 Å². The van der Waals surface area contributed by atoms with Crippen molar-refractivity contribution < 1.29 is 0 Å². The lowest BCUT2D eigenvalue weighted by Crippen LogP contribution is -1.86. The van der Waals surface area contributed by atoms with Crippen LogP contribution in [-0.2, 0) is 7.05 Å². The van der Waals surface area contributed by atoms with Gasteiger partial charge in [-0.2, -0.15) is 0 Å². The average Bonchev–Trinajstić information content (AvgIpc) is 3.29. The van der Waals surface area contributed by atoms with Gasteiger partial charge in [-0.05, 0) is 51.1 Å². The molecule has 0 saturated heterocycles. The molecular formula is C29H20NP. The Morgan fingerprint density at radius 3 is 2.00 bits per heavy atom. The highest BCUT2D eigenvalue weighted by Crippen LogP contribution is 2.56. The summed E-state index contributed by atoms with van der Waals surface area (Å²) < 4.78 is 2.37. The summed E-state index contributed by atoms with van der Waals surface area (Å²) in [7, 11) is 1.68. The van der Waals surface area contributed by atoms with Crippen molar-refractivity contribution in [3.8, 4) is 5.30 Å². The number of hydrogen-bond acceptors (Lipinski definition) is 0. The third kappa shape index (κ3) is 2.33. The zero-order valence-corrected chi connectivity index (χ0v) is 18.1. The number of aryl methyl sites for hydroxylation is 1. The highest BCUT2D eigenvalue weighted by atomic mass is 31.1. The maximum atomic E-state index is 2.47. The van der Waals surface area contributed by atoms with Gasteiger partial charge in [0.15, 0.2) is 0 Å². The summed E-state index contributed by atoms with van der Waals surface area (Å²) in [5, 5.41) is 12.5. The van der Waals surface area contributed by atoms with Crippen molar-refractivity contribution >= 4 is 61.1 Å². The van der Waals surface area contributed by atoms with Crippen LogP contribution in [0.25, 0.3) is 58.9 Å². The molecule has 5 aromatic carbocycles. The third-order valence-corrected chi connectivity index (χ3v) is 9.22. The van der Waals surface area contributed by atoms with E-state index in [1.807, 2.05) is 0 Å². The normalized spacial score (nSPS) is 12.6. The Morgan fingerprint density at radius 2 is 1.16 bits per heavy atom. The quantitative estimate of drug-likeness (QED) is 0.253. The van der Waals surface area contributed by atoms with E-state index in [9.17, 15) is 0 Å². The number of rotatable bonds is 1. The van der Waals surface area contributed by atoms with Crippen LogP contribution in [-0.4, -0.2) is 4.57 Å².